The Labute approximate surface area is 160 Å². The number of hydrogen-bond acceptors (Lipinski definition) is 4. The number of rotatable bonds is 5. The fourth-order valence-corrected chi connectivity index (χ4v) is 3.54. The molecule has 0 aliphatic carbocycles. The fourth-order valence-electron chi connectivity index (χ4n) is 3.54. The molecule has 8 heteroatoms. The number of nitrogens with two attached hydrogens (primary N) is 1. The fraction of sp³-hybridized carbons (Fsp3) is 0.350. The highest BCUT2D eigenvalue weighted by atomic mass is 19.4. The van der Waals surface area contributed by atoms with Crippen LogP contribution in [-0.2, 0) is 16.0 Å². The lowest BCUT2D eigenvalue weighted by Gasteiger charge is -2.46. The minimum Gasteiger partial charge on any atom is -0.384 e. The maximum atomic E-state index is 13.6. The molecule has 1 saturated heterocycles. The van der Waals surface area contributed by atoms with E-state index in [2.05, 4.69) is 4.98 Å². The molecular weight excluding hydrogens is 371 g/mol. The lowest BCUT2D eigenvalue weighted by molar-refractivity contribution is -0.229. The summed E-state index contributed by atoms with van der Waals surface area (Å²) in [7, 11) is 0. The summed E-state index contributed by atoms with van der Waals surface area (Å²) in [6.07, 6.45) is -3.63. The van der Waals surface area contributed by atoms with Crippen molar-refractivity contribution in [3.63, 3.8) is 0 Å². The lowest BCUT2D eigenvalue weighted by Crippen LogP contribution is -2.69. The number of alkyl halides is 3. The predicted octanol–water partition coefficient (Wildman–Crippen LogP) is 3.32. The van der Waals surface area contributed by atoms with Crippen molar-refractivity contribution in [3.8, 4) is 0 Å². The highest BCUT2D eigenvalue weighted by molar-refractivity contribution is 6.02. The summed E-state index contributed by atoms with van der Waals surface area (Å²) in [6.45, 7) is 1.75. The summed E-state index contributed by atoms with van der Waals surface area (Å²) >= 11 is 0. The third-order valence-corrected chi connectivity index (χ3v) is 4.97. The molecule has 3 rings (SSSR count). The number of benzene rings is 1. The number of anilines is 1. The minimum absolute atomic E-state index is 0.145. The van der Waals surface area contributed by atoms with Crippen LogP contribution in [0.5, 0.6) is 0 Å². The van der Waals surface area contributed by atoms with Crippen LogP contribution in [0, 0.1) is 5.92 Å². The van der Waals surface area contributed by atoms with Gasteiger partial charge in [-0.05, 0) is 35.6 Å². The number of carbonyl (C=O) groups is 2. The second-order valence-corrected chi connectivity index (χ2v) is 7.00. The Balaban J connectivity index is 1.75. The van der Waals surface area contributed by atoms with Gasteiger partial charge in [0.05, 0.1) is 5.92 Å². The predicted molar refractivity (Wildman–Crippen MR) is 97.0 cm³/mol. The van der Waals surface area contributed by atoms with Crippen LogP contribution in [-0.4, -0.2) is 33.9 Å². The van der Waals surface area contributed by atoms with E-state index in [0.717, 1.165) is 5.56 Å². The zero-order chi connectivity index (χ0) is 20.5. The number of amides is 2. The lowest BCUT2D eigenvalue weighted by atomic mass is 9.81. The molecule has 1 fully saturated rings. The van der Waals surface area contributed by atoms with E-state index in [0.29, 0.717) is 10.5 Å². The van der Waals surface area contributed by atoms with Crippen molar-refractivity contribution >= 4 is 17.6 Å². The maximum absolute atomic E-state index is 13.6. The summed E-state index contributed by atoms with van der Waals surface area (Å²) in [5, 5.41) is 0. The van der Waals surface area contributed by atoms with Crippen molar-refractivity contribution in [2.24, 2.45) is 5.92 Å². The van der Waals surface area contributed by atoms with Gasteiger partial charge in [-0.15, -0.1) is 0 Å². The zero-order valence-corrected chi connectivity index (χ0v) is 15.2. The molecule has 2 amide bonds. The first-order valence-electron chi connectivity index (χ1n) is 8.86. The topological polar surface area (TPSA) is 76.3 Å². The maximum Gasteiger partial charge on any atom is 0.410 e. The van der Waals surface area contributed by atoms with Crippen molar-refractivity contribution in [1.29, 1.82) is 0 Å². The summed E-state index contributed by atoms with van der Waals surface area (Å²) in [6, 6.07) is 9.82. The van der Waals surface area contributed by atoms with Gasteiger partial charge in [0.15, 0.2) is 0 Å². The molecule has 148 valence electrons. The highest BCUT2D eigenvalue weighted by Gasteiger charge is 2.62. The molecule has 3 atom stereocenters. The number of nitrogen functional groups attached to an aromatic ring is 1. The molecule has 1 aliphatic heterocycles. The molecule has 0 bridgehead atoms. The molecule has 2 aromatic rings. The zero-order valence-electron chi connectivity index (χ0n) is 15.2. The smallest absolute Gasteiger partial charge is 0.384 e. The summed E-state index contributed by atoms with van der Waals surface area (Å²) in [5.41, 5.74) is 6.86. The monoisotopic (exact) mass is 391 g/mol. The number of halogens is 3. The Hall–Kier alpha value is -2.90. The third-order valence-electron chi connectivity index (χ3n) is 4.97. The van der Waals surface area contributed by atoms with Crippen molar-refractivity contribution in [2.75, 3.05) is 5.73 Å². The van der Waals surface area contributed by atoms with Gasteiger partial charge in [0.25, 0.3) is 0 Å². The Morgan fingerprint density at radius 3 is 2.54 bits per heavy atom. The second kappa shape index (κ2) is 7.61. The molecule has 2 N–H and O–H groups in total. The van der Waals surface area contributed by atoms with Gasteiger partial charge < -0.3 is 5.73 Å². The SMILES string of the molecule is C[C@@H](CC(=O)N1C(=O)[C@H](Cc2ccnc(N)c2)C1C(F)(F)F)c1ccccc1. The first-order valence-corrected chi connectivity index (χ1v) is 8.86. The van der Waals surface area contributed by atoms with Gasteiger partial charge in [-0.2, -0.15) is 13.2 Å². The molecular formula is C20H20F3N3O2. The van der Waals surface area contributed by atoms with Gasteiger partial charge in [-0.25, -0.2) is 4.98 Å². The van der Waals surface area contributed by atoms with Gasteiger partial charge in [-0.3, -0.25) is 14.5 Å². The molecule has 5 nitrogen and oxygen atoms in total. The van der Waals surface area contributed by atoms with E-state index in [1.807, 2.05) is 6.07 Å². The normalized spacial score (nSPS) is 20.6. The summed E-state index contributed by atoms with van der Waals surface area (Å²) in [5.74, 6) is -3.08. The third kappa shape index (κ3) is 4.00. The van der Waals surface area contributed by atoms with E-state index >= 15 is 0 Å². The van der Waals surface area contributed by atoms with E-state index in [-0.39, 0.29) is 24.6 Å². The van der Waals surface area contributed by atoms with Crippen molar-refractivity contribution in [2.45, 2.75) is 37.9 Å². The van der Waals surface area contributed by atoms with E-state index in [4.69, 9.17) is 5.73 Å². The first-order chi connectivity index (χ1) is 13.2. The van der Waals surface area contributed by atoms with E-state index in [1.165, 1.54) is 18.3 Å². The first kappa shape index (κ1) is 19.9. The van der Waals surface area contributed by atoms with Crippen molar-refractivity contribution in [3.05, 3.63) is 59.8 Å². The van der Waals surface area contributed by atoms with Crippen molar-refractivity contribution < 1.29 is 22.8 Å². The molecule has 2 heterocycles. The standard InChI is InChI=1S/C20H20F3N3O2/c1-12(14-5-3-2-4-6-14)9-17(27)26-18(20(21,22)23)15(19(26)28)10-13-7-8-25-16(24)11-13/h2-8,11-12,15,18H,9-10H2,1H3,(H2,24,25)/t12-,15+,18?/m0/s1. The molecule has 0 spiro atoms. The van der Waals surface area contributed by atoms with E-state index < -0.39 is 30.0 Å². The molecule has 1 aromatic carbocycles. The molecule has 28 heavy (non-hydrogen) atoms. The number of aromatic nitrogens is 1. The quantitative estimate of drug-likeness (QED) is 0.794. The Bertz CT molecular complexity index is 870. The van der Waals surface area contributed by atoms with Crippen LogP contribution in [0.25, 0.3) is 0 Å². The molecule has 1 aliphatic rings. The largest absolute Gasteiger partial charge is 0.410 e. The number of pyridine rings is 1. The number of imide groups is 1. The molecule has 1 unspecified atom stereocenters. The molecule has 0 saturated carbocycles. The molecule has 0 radical (unpaired) electrons. The Morgan fingerprint density at radius 1 is 1.25 bits per heavy atom. The van der Waals surface area contributed by atoms with Gasteiger partial charge in [0.1, 0.15) is 11.9 Å². The van der Waals surface area contributed by atoms with Crippen LogP contribution in [0.4, 0.5) is 19.0 Å². The number of likely N-dealkylation sites (tertiary alicyclic amines) is 1. The van der Waals surface area contributed by atoms with Crippen LogP contribution in [0.15, 0.2) is 48.7 Å². The second-order valence-electron chi connectivity index (χ2n) is 7.00. The van der Waals surface area contributed by atoms with Gasteiger partial charge in [0.2, 0.25) is 11.8 Å². The van der Waals surface area contributed by atoms with Gasteiger partial charge in [-0.1, -0.05) is 37.3 Å². The Morgan fingerprint density at radius 2 is 1.93 bits per heavy atom. The summed E-state index contributed by atoms with van der Waals surface area (Å²) in [4.78, 5) is 29.1. The van der Waals surface area contributed by atoms with Gasteiger partial charge >= 0.3 is 6.18 Å². The van der Waals surface area contributed by atoms with E-state index in [1.54, 1.807) is 31.2 Å². The van der Waals surface area contributed by atoms with Crippen LogP contribution >= 0.6 is 0 Å². The number of β-lactam (4-membered cyclic amide) rings is 1. The van der Waals surface area contributed by atoms with E-state index in [9.17, 15) is 22.8 Å². The van der Waals surface area contributed by atoms with Gasteiger partial charge in [0, 0.05) is 12.6 Å². The highest BCUT2D eigenvalue weighted by Crippen LogP contribution is 2.41. The van der Waals surface area contributed by atoms with Crippen LogP contribution in [0.2, 0.25) is 0 Å². The molecule has 1 aromatic heterocycles. The number of hydrogen-bond donors (Lipinski definition) is 1. The number of carbonyl (C=O) groups excluding carboxylic acids is 2. The minimum atomic E-state index is -4.69. The van der Waals surface area contributed by atoms with Crippen LogP contribution in [0.3, 0.4) is 0 Å². The van der Waals surface area contributed by atoms with Crippen LogP contribution < -0.4 is 5.73 Å². The summed E-state index contributed by atoms with van der Waals surface area (Å²) < 4.78 is 40.8. The van der Waals surface area contributed by atoms with Crippen molar-refractivity contribution in [1.82, 2.24) is 9.88 Å². The Kier molecular flexibility index (Phi) is 5.40. The number of nitrogens with zero attached hydrogens (tertiary/aromatic N) is 2. The average molecular weight is 391 g/mol. The van der Waals surface area contributed by atoms with Crippen LogP contribution in [0.1, 0.15) is 30.4 Å². The average Bonchev–Trinajstić information content (AvgIpc) is 2.63.